The molecule has 37 heavy (non-hydrogen) atoms. The molecule has 2 aliphatic rings. The molecule has 2 unspecified atom stereocenters. The Labute approximate surface area is 219 Å². The van der Waals surface area contributed by atoms with Gasteiger partial charge in [-0.3, -0.25) is 4.90 Å². The number of nitrogens with two attached hydrogens (primary N) is 1. The highest BCUT2D eigenvalue weighted by atomic mass is 16.9. The molecule has 0 bridgehead atoms. The van der Waals surface area contributed by atoms with E-state index in [1.807, 2.05) is 0 Å². The molecule has 12 heteroatoms. The molecule has 2 atom stereocenters. The van der Waals surface area contributed by atoms with Gasteiger partial charge in [0.05, 0.1) is 25.9 Å². The van der Waals surface area contributed by atoms with E-state index in [9.17, 15) is 9.59 Å². The molecule has 2 heterocycles. The van der Waals surface area contributed by atoms with E-state index in [-0.39, 0.29) is 30.9 Å². The van der Waals surface area contributed by atoms with Crippen molar-refractivity contribution in [1.82, 2.24) is 4.90 Å². The summed E-state index contributed by atoms with van der Waals surface area (Å²) in [6, 6.07) is 0. The summed E-state index contributed by atoms with van der Waals surface area (Å²) in [5, 5.41) is 4.02. The van der Waals surface area contributed by atoms with Crippen LogP contribution in [0.3, 0.4) is 0 Å². The number of ether oxygens (including phenoxy) is 6. The van der Waals surface area contributed by atoms with E-state index >= 15 is 0 Å². The van der Waals surface area contributed by atoms with Crippen LogP contribution in [0.15, 0.2) is 17.0 Å². The third-order valence-corrected chi connectivity index (χ3v) is 5.83. The Morgan fingerprint density at radius 1 is 1.24 bits per heavy atom. The van der Waals surface area contributed by atoms with Crippen LogP contribution in [0, 0.1) is 0 Å². The summed E-state index contributed by atoms with van der Waals surface area (Å²) in [5.41, 5.74) is 4.51. The minimum atomic E-state index is -1.18. The molecule has 12 nitrogen and oxygen atoms in total. The van der Waals surface area contributed by atoms with E-state index in [4.69, 9.17) is 39.0 Å². The molecule has 0 aromatic rings. The van der Waals surface area contributed by atoms with Gasteiger partial charge < -0.3 is 39.0 Å². The lowest BCUT2D eigenvalue weighted by molar-refractivity contribution is -0.355. The summed E-state index contributed by atoms with van der Waals surface area (Å²) in [7, 11) is 1.57. The number of oxime groups is 1. The number of amidine groups is 1. The Kier molecular flexibility index (Phi) is 11.6. The molecular formula is C25H43N3O9. The summed E-state index contributed by atoms with van der Waals surface area (Å²) in [6.07, 6.45) is 2.35. The van der Waals surface area contributed by atoms with Crippen LogP contribution >= 0.6 is 0 Å². The lowest BCUT2D eigenvalue weighted by Crippen LogP contribution is -2.64. The molecule has 2 fully saturated rings. The van der Waals surface area contributed by atoms with Crippen molar-refractivity contribution in [3.8, 4) is 0 Å². The number of nitrogens with zero attached hydrogens (tertiary/aromatic N) is 2. The third-order valence-electron chi connectivity index (χ3n) is 5.83. The molecule has 2 saturated heterocycles. The van der Waals surface area contributed by atoms with Crippen LogP contribution in [-0.2, 0) is 38.1 Å². The van der Waals surface area contributed by atoms with Crippen LogP contribution in [0.4, 0.5) is 4.79 Å². The first-order chi connectivity index (χ1) is 17.4. The summed E-state index contributed by atoms with van der Waals surface area (Å²) in [6.45, 7) is 12.1. The highest BCUT2D eigenvalue weighted by Crippen LogP contribution is 2.31. The second-order valence-electron chi connectivity index (χ2n) is 10.00. The fourth-order valence-electron chi connectivity index (χ4n) is 3.66. The van der Waals surface area contributed by atoms with Crippen molar-refractivity contribution in [1.29, 1.82) is 0 Å². The third kappa shape index (κ3) is 9.13. The number of carbonyl (C=O) groups excluding carboxylic acids is 2. The Balaban J connectivity index is 2.23. The van der Waals surface area contributed by atoms with E-state index in [1.165, 1.54) is 11.0 Å². The Hall–Kier alpha value is -2.41. The summed E-state index contributed by atoms with van der Waals surface area (Å²) >= 11 is 0. The number of carbonyl (C=O) groups is 2. The van der Waals surface area contributed by atoms with Crippen molar-refractivity contribution < 1.29 is 42.8 Å². The van der Waals surface area contributed by atoms with Crippen molar-refractivity contribution >= 4 is 17.9 Å². The molecule has 0 spiro atoms. The average molecular weight is 530 g/mol. The fourth-order valence-corrected chi connectivity index (χ4v) is 3.66. The van der Waals surface area contributed by atoms with Gasteiger partial charge in [0.1, 0.15) is 11.1 Å². The Morgan fingerprint density at radius 3 is 2.49 bits per heavy atom. The van der Waals surface area contributed by atoms with Crippen LogP contribution in [0.25, 0.3) is 0 Å². The zero-order valence-electron chi connectivity index (χ0n) is 23.1. The predicted octanol–water partition coefficient (Wildman–Crippen LogP) is 3.04. The van der Waals surface area contributed by atoms with Crippen LogP contribution in [0.1, 0.15) is 67.2 Å². The molecule has 0 radical (unpaired) electrons. The van der Waals surface area contributed by atoms with Crippen molar-refractivity contribution in [3.05, 3.63) is 11.8 Å². The second kappa shape index (κ2) is 13.9. The topological polar surface area (TPSA) is 140 Å². The maximum atomic E-state index is 13.0. The molecule has 2 aliphatic heterocycles. The lowest BCUT2D eigenvalue weighted by atomic mass is 9.87. The molecule has 212 valence electrons. The first-order valence-electron chi connectivity index (χ1n) is 12.8. The van der Waals surface area contributed by atoms with Gasteiger partial charge in [-0.05, 0) is 53.9 Å². The summed E-state index contributed by atoms with van der Waals surface area (Å²) in [5.74, 6) is -1.08. The highest BCUT2D eigenvalue weighted by Gasteiger charge is 2.47. The highest BCUT2D eigenvalue weighted by molar-refractivity contribution is 5.93. The molecule has 0 aliphatic carbocycles. The molecule has 0 aromatic carbocycles. The number of hydrogen-bond acceptors (Lipinski definition) is 10. The largest absolute Gasteiger partial charge is 0.460 e. The number of amides is 1. The molecule has 1 amide bonds. The normalized spacial score (nSPS) is 26.7. The van der Waals surface area contributed by atoms with E-state index in [2.05, 4.69) is 12.1 Å². The van der Waals surface area contributed by atoms with Crippen LogP contribution in [-0.4, -0.2) is 86.1 Å². The first-order valence-corrected chi connectivity index (χ1v) is 12.8. The summed E-state index contributed by atoms with van der Waals surface area (Å²) in [4.78, 5) is 32.2. The molecule has 2 N–H and O–H groups in total. The fraction of sp³-hybridized carbons (Fsp3) is 0.800. The van der Waals surface area contributed by atoms with Gasteiger partial charge in [0, 0.05) is 19.7 Å². The second-order valence-corrected chi connectivity index (χ2v) is 10.00. The predicted molar refractivity (Wildman–Crippen MR) is 134 cm³/mol. The lowest BCUT2D eigenvalue weighted by Gasteiger charge is -2.45. The number of esters is 1. The first kappa shape index (κ1) is 30.8. The average Bonchev–Trinajstić information content (AvgIpc) is 2.81. The molecule has 0 saturated carbocycles. The maximum absolute atomic E-state index is 13.0. The van der Waals surface area contributed by atoms with Crippen molar-refractivity contribution in [2.45, 2.75) is 97.0 Å². The van der Waals surface area contributed by atoms with E-state index in [0.29, 0.717) is 26.1 Å². The van der Waals surface area contributed by atoms with Gasteiger partial charge in [-0.15, -0.1) is 0 Å². The van der Waals surface area contributed by atoms with Gasteiger partial charge in [0.15, 0.2) is 18.4 Å². The quantitative estimate of drug-likeness (QED) is 0.0763. The monoisotopic (exact) mass is 529 g/mol. The van der Waals surface area contributed by atoms with Gasteiger partial charge in [-0.1, -0.05) is 18.5 Å². The number of unbranched alkanes of at least 4 members (excludes halogenated alkanes) is 1. The van der Waals surface area contributed by atoms with Crippen LogP contribution < -0.4 is 5.73 Å². The van der Waals surface area contributed by atoms with Gasteiger partial charge >= 0.3 is 12.1 Å². The standard InChI is InChI=1S/C25H43N3O9/c1-8-10-13-31-15-18-11-12-25(16-33-18,28(7)23(30)36-24(4,5)6)22(26)27-37-19(21(29)32-9-2)14-20-34-17(3)35-20/h14,17-18,20H,8-13,15-16H2,1-7H3,(H2,26,27)/b19-14+. The smallest absolute Gasteiger partial charge is 0.410 e. The van der Waals surface area contributed by atoms with Crippen LogP contribution in [0.5, 0.6) is 0 Å². The Morgan fingerprint density at radius 2 is 1.95 bits per heavy atom. The van der Waals surface area contributed by atoms with Gasteiger partial charge in [-0.2, -0.15) is 0 Å². The van der Waals surface area contributed by atoms with E-state index in [1.54, 1.807) is 41.7 Å². The maximum Gasteiger partial charge on any atom is 0.410 e. The minimum Gasteiger partial charge on any atom is -0.460 e. The molecule has 0 aromatic heterocycles. The van der Waals surface area contributed by atoms with Crippen molar-refractivity contribution in [3.63, 3.8) is 0 Å². The van der Waals surface area contributed by atoms with Crippen LogP contribution in [0.2, 0.25) is 0 Å². The van der Waals surface area contributed by atoms with Gasteiger partial charge in [0.25, 0.3) is 0 Å². The minimum absolute atomic E-state index is 0.0358. The van der Waals surface area contributed by atoms with Crippen molar-refractivity contribution in [2.24, 2.45) is 10.9 Å². The van der Waals surface area contributed by atoms with Gasteiger partial charge in [-0.25, -0.2) is 9.59 Å². The van der Waals surface area contributed by atoms with Gasteiger partial charge in [0.2, 0.25) is 5.76 Å². The zero-order valence-corrected chi connectivity index (χ0v) is 23.1. The van der Waals surface area contributed by atoms with E-state index in [0.717, 1.165) is 12.8 Å². The molecule has 2 rings (SSSR count). The molecular weight excluding hydrogens is 486 g/mol. The SMILES string of the molecule is CCCCOCC1CCC(/C(N)=N/O/C(=C/C2OC(C)O2)C(=O)OCC)(N(C)C(=O)OC(C)(C)C)CO1. The number of rotatable bonds is 12. The zero-order chi connectivity index (χ0) is 27.6. The van der Waals surface area contributed by atoms with Crippen molar-refractivity contribution in [2.75, 3.05) is 33.5 Å². The number of likely N-dealkylation sites (N-methyl/N-ethyl adjacent to an activating group) is 1. The number of hydrogen-bond donors (Lipinski definition) is 1. The summed E-state index contributed by atoms with van der Waals surface area (Å²) < 4.78 is 33.1. The Bertz CT molecular complexity index is 811. The van der Waals surface area contributed by atoms with E-state index < -0.39 is 35.8 Å².